The first-order valence-corrected chi connectivity index (χ1v) is 3.37. The molecule has 0 aliphatic rings. The predicted molar refractivity (Wildman–Crippen MR) is 47.8 cm³/mol. The third-order valence-electron chi connectivity index (χ3n) is 0.918. The Morgan fingerprint density at radius 3 is 2.33 bits per heavy atom. The van der Waals surface area contributed by atoms with Crippen molar-refractivity contribution in [2.45, 2.75) is 26.4 Å². The topological polar surface area (TPSA) is 59.4 Å². The monoisotopic (exact) mass is 195 g/mol. The van der Waals surface area contributed by atoms with E-state index < -0.39 is 5.97 Å². The quantitative estimate of drug-likeness (QED) is 0.421. The summed E-state index contributed by atoms with van der Waals surface area (Å²) >= 11 is 0. The van der Waals surface area contributed by atoms with E-state index in [0.29, 0.717) is 0 Å². The van der Waals surface area contributed by atoms with Crippen molar-refractivity contribution in [3.8, 4) is 0 Å². The first kappa shape index (κ1) is 13.8. The summed E-state index contributed by atoms with van der Waals surface area (Å²) in [6.45, 7) is 3.52. The molecule has 72 valence electrons. The Kier molecular flexibility index (Phi) is 7.94. The maximum atomic E-state index is 10.8. The van der Waals surface area contributed by atoms with Crippen molar-refractivity contribution < 1.29 is 14.3 Å². The molecule has 0 fully saturated rings. The minimum atomic E-state index is -0.424. The Morgan fingerprint density at radius 1 is 1.50 bits per heavy atom. The molecule has 0 aromatic heterocycles. The summed E-state index contributed by atoms with van der Waals surface area (Å²) in [5, 5.41) is 6.99. The minimum Gasteiger partial charge on any atom is -0.484 e. The molecule has 0 aromatic rings. The lowest BCUT2D eigenvalue weighted by molar-refractivity contribution is -0.146. The van der Waals surface area contributed by atoms with Crippen molar-refractivity contribution in [3.63, 3.8) is 0 Å². The van der Waals surface area contributed by atoms with E-state index in [2.05, 4.69) is 4.74 Å². The van der Waals surface area contributed by atoms with E-state index in [1.807, 2.05) is 0 Å². The van der Waals surface area contributed by atoms with E-state index in [-0.39, 0.29) is 30.8 Å². The highest BCUT2D eigenvalue weighted by molar-refractivity contribution is 5.92. The third-order valence-corrected chi connectivity index (χ3v) is 0.918. The van der Waals surface area contributed by atoms with Gasteiger partial charge in [-0.1, -0.05) is 0 Å². The van der Waals surface area contributed by atoms with E-state index in [1.54, 1.807) is 13.8 Å². The van der Waals surface area contributed by atoms with Gasteiger partial charge in [-0.25, -0.2) is 0 Å². The summed E-state index contributed by atoms with van der Waals surface area (Å²) in [6, 6.07) is 0. The average molecular weight is 196 g/mol. The summed E-state index contributed by atoms with van der Waals surface area (Å²) in [5.74, 6) is -0.498. The van der Waals surface area contributed by atoms with Crippen molar-refractivity contribution >= 4 is 24.3 Å². The van der Waals surface area contributed by atoms with Gasteiger partial charge in [0.25, 0.3) is 0 Å². The highest BCUT2D eigenvalue weighted by Gasteiger charge is 2.08. The molecule has 5 heteroatoms. The number of hydrogen-bond acceptors (Lipinski definition) is 4. The zero-order chi connectivity index (χ0) is 8.85. The number of carbonyl (C=O) groups is 1. The Hall–Kier alpha value is -0.770. The van der Waals surface area contributed by atoms with Gasteiger partial charge in [0, 0.05) is 0 Å². The number of hydrogen-bond donors (Lipinski definition) is 1. The molecule has 0 saturated carbocycles. The molecule has 0 amide bonds. The fraction of sp³-hybridized carbons (Fsp3) is 0.714. The number of rotatable bonds is 3. The molecule has 0 aliphatic heterocycles. The smallest absolute Gasteiger partial charge is 0.315 e. The molecule has 0 unspecified atom stereocenters. The zero-order valence-corrected chi connectivity index (χ0v) is 8.23. The summed E-state index contributed by atoms with van der Waals surface area (Å²) < 4.78 is 9.25. The molecule has 0 spiro atoms. The number of nitrogens with one attached hydrogen (secondary N) is 1. The number of carbonyl (C=O) groups excluding carboxylic acids is 1. The van der Waals surface area contributed by atoms with Crippen LogP contribution in [0.25, 0.3) is 0 Å². The van der Waals surface area contributed by atoms with Crippen molar-refractivity contribution in [1.82, 2.24) is 0 Å². The van der Waals surface area contributed by atoms with E-state index in [0.717, 1.165) is 0 Å². The van der Waals surface area contributed by atoms with Gasteiger partial charge in [0.05, 0.1) is 13.2 Å². The molecule has 0 aliphatic carbocycles. The molecule has 0 heterocycles. The Labute approximate surface area is 78.2 Å². The average Bonchev–Trinajstić information content (AvgIpc) is 1.85. The largest absolute Gasteiger partial charge is 0.484 e. The van der Waals surface area contributed by atoms with Gasteiger partial charge in [0.15, 0.2) is 5.90 Å². The van der Waals surface area contributed by atoms with Crippen molar-refractivity contribution in [2.75, 3.05) is 7.11 Å². The van der Waals surface area contributed by atoms with Crippen LogP contribution in [0.15, 0.2) is 0 Å². The molecule has 0 aromatic carbocycles. The van der Waals surface area contributed by atoms with Crippen LogP contribution in [0.3, 0.4) is 0 Å². The van der Waals surface area contributed by atoms with Gasteiger partial charge < -0.3 is 9.47 Å². The zero-order valence-electron chi connectivity index (χ0n) is 7.42. The number of methoxy groups -OCH3 is 1. The standard InChI is InChI=1S/C7H13NO3.ClH/c1-5(2)11-7(9)4-6(8)10-3;/h5,8H,4H2,1-3H3;1H. The summed E-state index contributed by atoms with van der Waals surface area (Å²) in [6.07, 6.45) is -0.221. The Morgan fingerprint density at radius 2 is 2.00 bits per heavy atom. The molecule has 0 radical (unpaired) electrons. The molecular formula is C7H14ClNO3. The van der Waals surface area contributed by atoms with Gasteiger partial charge >= 0.3 is 5.97 Å². The first-order chi connectivity index (χ1) is 5.06. The molecule has 1 N–H and O–H groups in total. The highest BCUT2D eigenvalue weighted by atomic mass is 35.5. The van der Waals surface area contributed by atoms with Crippen LogP contribution in [0.4, 0.5) is 0 Å². The summed E-state index contributed by atoms with van der Waals surface area (Å²) in [4.78, 5) is 10.8. The fourth-order valence-corrected chi connectivity index (χ4v) is 0.508. The van der Waals surface area contributed by atoms with Gasteiger partial charge in [-0.2, -0.15) is 0 Å². The van der Waals surface area contributed by atoms with Crippen LogP contribution in [-0.4, -0.2) is 25.1 Å². The second kappa shape index (κ2) is 6.91. The molecular weight excluding hydrogens is 182 g/mol. The first-order valence-electron chi connectivity index (χ1n) is 3.37. The minimum absolute atomic E-state index is 0. The van der Waals surface area contributed by atoms with Gasteiger partial charge in [-0.15, -0.1) is 12.4 Å². The second-order valence-corrected chi connectivity index (χ2v) is 2.34. The molecule has 0 rings (SSSR count). The Balaban J connectivity index is 0. The lowest BCUT2D eigenvalue weighted by Crippen LogP contribution is -2.15. The van der Waals surface area contributed by atoms with Crippen LogP contribution in [0, 0.1) is 5.41 Å². The van der Waals surface area contributed by atoms with Gasteiger partial charge in [-0.3, -0.25) is 10.2 Å². The molecule has 12 heavy (non-hydrogen) atoms. The van der Waals surface area contributed by atoms with E-state index in [9.17, 15) is 4.79 Å². The number of halogens is 1. The lowest BCUT2D eigenvalue weighted by atomic mass is 10.4. The van der Waals surface area contributed by atoms with E-state index >= 15 is 0 Å². The van der Waals surface area contributed by atoms with Gasteiger partial charge in [0.2, 0.25) is 0 Å². The third kappa shape index (κ3) is 7.34. The summed E-state index contributed by atoms with van der Waals surface area (Å²) in [7, 11) is 1.35. The van der Waals surface area contributed by atoms with E-state index in [4.69, 9.17) is 10.1 Å². The normalized spacial score (nSPS) is 8.67. The van der Waals surface area contributed by atoms with Crippen LogP contribution in [-0.2, 0) is 14.3 Å². The second-order valence-electron chi connectivity index (χ2n) is 2.34. The van der Waals surface area contributed by atoms with Crippen LogP contribution in [0.2, 0.25) is 0 Å². The molecule has 4 nitrogen and oxygen atoms in total. The van der Waals surface area contributed by atoms with Crippen LogP contribution in [0.5, 0.6) is 0 Å². The number of esters is 1. The van der Waals surface area contributed by atoms with Gasteiger partial charge in [0.1, 0.15) is 6.42 Å². The SMILES string of the molecule is COC(=N)CC(=O)OC(C)C.Cl. The summed E-state index contributed by atoms with van der Waals surface area (Å²) in [5.41, 5.74) is 0. The van der Waals surface area contributed by atoms with Crippen LogP contribution in [0.1, 0.15) is 20.3 Å². The van der Waals surface area contributed by atoms with Crippen molar-refractivity contribution in [2.24, 2.45) is 0 Å². The highest BCUT2D eigenvalue weighted by Crippen LogP contribution is 1.94. The predicted octanol–water partition coefficient (Wildman–Crippen LogP) is 1.37. The number of ether oxygens (including phenoxy) is 2. The molecule has 0 bridgehead atoms. The Bertz CT molecular complexity index is 159. The van der Waals surface area contributed by atoms with Crippen LogP contribution < -0.4 is 0 Å². The lowest BCUT2D eigenvalue weighted by Gasteiger charge is -2.07. The fourth-order valence-electron chi connectivity index (χ4n) is 0.508. The molecule has 0 atom stereocenters. The van der Waals surface area contributed by atoms with Gasteiger partial charge in [-0.05, 0) is 13.8 Å². The maximum Gasteiger partial charge on any atom is 0.315 e. The van der Waals surface area contributed by atoms with E-state index in [1.165, 1.54) is 7.11 Å². The van der Waals surface area contributed by atoms with Crippen molar-refractivity contribution in [1.29, 1.82) is 5.41 Å². The maximum absolute atomic E-state index is 10.8. The van der Waals surface area contributed by atoms with Crippen molar-refractivity contribution in [3.05, 3.63) is 0 Å². The van der Waals surface area contributed by atoms with Crippen LogP contribution >= 0.6 is 12.4 Å². The molecule has 0 saturated heterocycles.